The van der Waals surface area contributed by atoms with E-state index in [0.717, 1.165) is 33.0 Å². The normalized spacial score (nSPS) is 19.3. The van der Waals surface area contributed by atoms with E-state index in [9.17, 15) is 13.6 Å². The zero-order valence-electron chi connectivity index (χ0n) is 18.5. The van der Waals surface area contributed by atoms with E-state index < -0.39 is 5.92 Å². The van der Waals surface area contributed by atoms with Crippen LogP contribution in [0.2, 0.25) is 0 Å². The van der Waals surface area contributed by atoms with Crippen LogP contribution < -0.4 is 0 Å². The summed E-state index contributed by atoms with van der Waals surface area (Å²) in [4.78, 5) is 18.1. The molecule has 2 saturated heterocycles. The second-order valence-electron chi connectivity index (χ2n) is 8.95. The van der Waals surface area contributed by atoms with Crippen molar-refractivity contribution >= 4 is 17.7 Å². The van der Waals surface area contributed by atoms with Crippen LogP contribution in [-0.4, -0.2) is 70.8 Å². The molecule has 0 unspecified atom stereocenters. The number of rotatable bonds is 4. The first-order valence-electron chi connectivity index (χ1n) is 11.4. The number of carbonyl (C=O) groups is 1. The highest BCUT2D eigenvalue weighted by Gasteiger charge is 2.43. The van der Waals surface area contributed by atoms with E-state index in [4.69, 9.17) is 9.84 Å². The lowest BCUT2D eigenvalue weighted by atomic mass is 10.0. The predicted octanol–water partition coefficient (Wildman–Crippen LogP) is 4.07. The maximum absolute atomic E-state index is 13.5. The Labute approximate surface area is 200 Å². The fourth-order valence-electron chi connectivity index (χ4n) is 4.84. The van der Waals surface area contributed by atoms with Crippen molar-refractivity contribution in [1.82, 2.24) is 19.6 Å². The third kappa shape index (κ3) is 3.91. The number of morpholine rings is 1. The summed E-state index contributed by atoms with van der Waals surface area (Å²) in [5.74, 6) is -1.99. The van der Waals surface area contributed by atoms with Crippen LogP contribution in [0.5, 0.6) is 0 Å². The number of hydrogen-bond acceptors (Lipinski definition) is 5. The topological polar surface area (TPSA) is 50.6 Å². The van der Waals surface area contributed by atoms with Gasteiger partial charge in [-0.3, -0.25) is 9.69 Å². The lowest BCUT2D eigenvalue weighted by Crippen LogP contribution is -2.55. The fraction of sp³-hybridized carbons (Fsp3) is 0.360. The Hall–Kier alpha value is -2.75. The van der Waals surface area contributed by atoms with Gasteiger partial charge in [0.2, 0.25) is 0 Å². The Kier molecular flexibility index (Phi) is 5.43. The van der Waals surface area contributed by atoms with E-state index >= 15 is 0 Å². The first kappa shape index (κ1) is 21.8. The molecule has 3 aromatic rings. The molecule has 2 fully saturated rings. The number of carbonyl (C=O) groups excluding carboxylic acids is 1. The van der Waals surface area contributed by atoms with Crippen LogP contribution in [0.25, 0.3) is 16.9 Å². The van der Waals surface area contributed by atoms with E-state index in [1.165, 1.54) is 0 Å². The van der Waals surface area contributed by atoms with Crippen LogP contribution >= 0.6 is 11.8 Å². The summed E-state index contributed by atoms with van der Waals surface area (Å²) in [5, 5.41) is 4.85. The van der Waals surface area contributed by atoms with Crippen LogP contribution in [0.1, 0.15) is 21.6 Å². The van der Waals surface area contributed by atoms with Gasteiger partial charge in [-0.1, -0.05) is 30.3 Å². The van der Waals surface area contributed by atoms with Crippen LogP contribution in [0.3, 0.4) is 0 Å². The number of likely N-dealkylation sites (tertiary alicyclic amines) is 1. The molecular formula is C25H24F2N4O2S. The first-order valence-corrected chi connectivity index (χ1v) is 12.4. The van der Waals surface area contributed by atoms with Crippen LogP contribution in [0.4, 0.5) is 8.78 Å². The molecule has 9 heteroatoms. The third-order valence-electron chi connectivity index (χ3n) is 6.47. The van der Waals surface area contributed by atoms with Crippen LogP contribution in [0, 0.1) is 0 Å². The van der Waals surface area contributed by atoms with Gasteiger partial charge in [-0.05, 0) is 23.8 Å². The smallest absolute Gasteiger partial charge is 0.274 e. The van der Waals surface area contributed by atoms with Crippen molar-refractivity contribution in [2.24, 2.45) is 0 Å². The molecule has 2 aromatic carbocycles. The van der Waals surface area contributed by atoms with Gasteiger partial charge < -0.3 is 9.64 Å². The summed E-state index contributed by atoms with van der Waals surface area (Å²) in [7, 11) is 0. The molecule has 0 aliphatic carbocycles. The second-order valence-corrected chi connectivity index (χ2v) is 9.97. The van der Waals surface area contributed by atoms with Gasteiger partial charge in [-0.25, -0.2) is 13.5 Å². The quantitative estimate of drug-likeness (QED) is 0.561. The predicted molar refractivity (Wildman–Crippen MR) is 126 cm³/mol. The zero-order chi connectivity index (χ0) is 23.3. The maximum atomic E-state index is 13.5. The molecule has 0 atom stereocenters. The van der Waals surface area contributed by atoms with Gasteiger partial charge in [0.05, 0.1) is 37.7 Å². The molecule has 0 N–H and O–H groups in total. The SMILES string of the molecule is O=C(c1nn(-c2cccc(CN3CC(F)(F)C3)c2)c2c1CSc1ccccc1-2)N1CCOCC1. The number of alkyl halides is 2. The number of hydrogen-bond donors (Lipinski definition) is 0. The minimum absolute atomic E-state index is 0.0720. The Balaban J connectivity index is 1.41. The van der Waals surface area contributed by atoms with Gasteiger partial charge in [0.25, 0.3) is 11.8 Å². The number of amides is 1. The summed E-state index contributed by atoms with van der Waals surface area (Å²) in [5.41, 5.74) is 5.16. The Bertz CT molecular complexity index is 1250. The molecule has 6 rings (SSSR count). The minimum atomic E-state index is -2.59. The highest BCUT2D eigenvalue weighted by atomic mass is 32.2. The van der Waals surface area contributed by atoms with Gasteiger partial charge >= 0.3 is 0 Å². The molecular weight excluding hydrogens is 458 g/mol. The summed E-state index contributed by atoms with van der Waals surface area (Å²) >= 11 is 1.71. The molecule has 1 amide bonds. The summed E-state index contributed by atoms with van der Waals surface area (Å²) in [6.07, 6.45) is 0. The molecule has 0 saturated carbocycles. The van der Waals surface area contributed by atoms with E-state index in [0.29, 0.717) is 44.3 Å². The average molecular weight is 483 g/mol. The third-order valence-corrected chi connectivity index (χ3v) is 7.57. The molecule has 0 bridgehead atoms. The van der Waals surface area contributed by atoms with Crippen molar-refractivity contribution in [2.75, 3.05) is 39.4 Å². The largest absolute Gasteiger partial charge is 0.378 e. The standard InChI is InChI=1S/C25H24F2N4O2S/c26-25(27)15-29(16-25)13-17-4-3-5-18(12-17)31-23-19-6-1-2-7-21(19)34-14-20(23)22(28-31)24(32)30-8-10-33-11-9-30/h1-7,12H,8-11,13-16H2. The van der Waals surface area contributed by atoms with Crippen molar-refractivity contribution in [1.29, 1.82) is 0 Å². The van der Waals surface area contributed by atoms with Gasteiger partial charge in [-0.2, -0.15) is 5.10 Å². The highest BCUT2D eigenvalue weighted by molar-refractivity contribution is 7.98. The molecule has 3 aliphatic heterocycles. The highest BCUT2D eigenvalue weighted by Crippen LogP contribution is 2.44. The zero-order valence-corrected chi connectivity index (χ0v) is 19.4. The van der Waals surface area contributed by atoms with Crippen molar-refractivity contribution in [2.45, 2.75) is 23.1 Å². The van der Waals surface area contributed by atoms with Gasteiger partial charge in [0.1, 0.15) is 0 Å². The Morgan fingerprint density at radius 3 is 2.68 bits per heavy atom. The molecule has 6 nitrogen and oxygen atoms in total. The van der Waals surface area contributed by atoms with Crippen molar-refractivity contribution in [3.63, 3.8) is 0 Å². The lowest BCUT2D eigenvalue weighted by molar-refractivity contribution is -0.133. The number of aromatic nitrogens is 2. The number of benzene rings is 2. The molecule has 0 spiro atoms. The van der Waals surface area contributed by atoms with E-state index in [1.54, 1.807) is 16.7 Å². The summed E-state index contributed by atoms with van der Waals surface area (Å²) < 4.78 is 33.9. The van der Waals surface area contributed by atoms with E-state index in [1.807, 2.05) is 46.0 Å². The van der Waals surface area contributed by atoms with Gasteiger partial charge in [0, 0.05) is 41.4 Å². The number of ether oxygens (including phenoxy) is 1. The summed E-state index contributed by atoms with van der Waals surface area (Å²) in [6.45, 7) is 2.21. The van der Waals surface area contributed by atoms with Gasteiger partial charge in [0.15, 0.2) is 5.69 Å². The van der Waals surface area contributed by atoms with Crippen LogP contribution in [0.15, 0.2) is 53.4 Å². The summed E-state index contributed by atoms with van der Waals surface area (Å²) in [6, 6.07) is 16.0. The van der Waals surface area contributed by atoms with Crippen molar-refractivity contribution < 1.29 is 18.3 Å². The van der Waals surface area contributed by atoms with Crippen molar-refractivity contribution in [3.8, 4) is 16.9 Å². The lowest BCUT2D eigenvalue weighted by Gasteiger charge is -2.38. The number of thioether (sulfide) groups is 1. The number of fused-ring (bicyclic) bond motifs is 3. The van der Waals surface area contributed by atoms with Gasteiger partial charge in [-0.15, -0.1) is 11.8 Å². The monoisotopic (exact) mass is 482 g/mol. The van der Waals surface area contributed by atoms with E-state index in [-0.39, 0.29) is 19.0 Å². The van der Waals surface area contributed by atoms with Crippen LogP contribution in [-0.2, 0) is 17.0 Å². The fourth-order valence-corrected chi connectivity index (χ4v) is 5.91. The Morgan fingerprint density at radius 2 is 1.88 bits per heavy atom. The molecule has 4 heterocycles. The van der Waals surface area contributed by atoms with E-state index in [2.05, 4.69) is 12.1 Å². The molecule has 176 valence electrons. The number of nitrogens with zero attached hydrogens (tertiary/aromatic N) is 4. The first-order chi connectivity index (χ1) is 16.5. The average Bonchev–Trinajstić information content (AvgIpc) is 3.23. The second kappa shape index (κ2) is 8.48. The molecule has 34 heavy (non-hydrogen) atoms. The number of halogens is 2. The molecule has 3 aliphatic rings. The molecule has 1 aromatic heterocycles. The minimum Gasteiger partial charge on any atom is -0.378 e. The maximum Gasteiger partial charge on any atom is 0.274 e. The Morgan fingerprint density at radius 1 is 1.09 bits per heavy atom. The molecule has 0 radical (unpaired) electrons. The van der Waals surface area contributed by atoms with Crippen molar-refractivity contribution in [3.05, 3.63) is 65.4 Å².